The van der Waals surface area contributed by atoms with Crippen LogP contribution >= 0.6 is 23.2 Å². The monoisotopic (exact) mass is 413 g/mol. The Labute approximate surface area is 174 Å². The quantitative estimate of drug-likeness (QED) is 0.545. The Hall–Kier alpha value is -1.88. The molecule has 4 atom stereocenters. The Kier molecular flexibility index (Phi) is 4.66. The first-order chi connectivity index (χ1) is 13.6. The molecule has 2 aliphatic rings. The average molecular weight is 414 g/mol. The van der Waals surface area contributed by atoms with Crippen molar-refractivity contribution in [1.29, 1.82) is 0 Å². The number of likely N-dealkylation sites (N-methyl/N-ethyl adjacent to an activating group) is 1. The van der Waals surface area contributed by atoms with Gasteiger partial charge in [0.15, 0.2) is 0 Å². The Bertz CT molecular complexity index is 970. The molecule has 0 aliphatic carbocycles. The van der Waals surface area contributed by atoms with Gasteiger partial charge in [-0.25, -0.2) is 0 Å². The molecule has 0 amide bonds. The van der Waals surface area contributed by atoms with Crippen LogP contribution in [0.2, 0.25) is 10.0 Å². The molecule has 4 nitrogen and oxygen atoms in total. The molecule has 2 fully saturated rings. The topological polar surface area (TPSA) is 42.2 Å². The molecule has 1 aromatic heterocycles. The lowest BCUT2D eigenvalue weighted by Crippen LogP contribution is -2.44. The molecule has 0 spiro atoms. The molecule has 3 aromatic rings. The van der Waals surface area contributed by atoms with Crippen LogP contribution in [0.5, 0.6) is 0 Å². The van der Waals surface area contributed by atoms with Crippen LogP contribution in [0.3, 0.4) is 0 Å². The summed E-state index contributed by atoms with van der Waals surface area (Å²) in [5, 5.41) is 5.73. The smallest absolute Gasteiger partial charge is 0.232 e. The van der Waals surface area contributed by atoms with E-state index in [0.29, 0.717) is 28.8 Å². The lowest BCUT2D eigenvalue weighted by molar-refractivity contribution is 0.120. The normalized spacial score (nSPS) is 27.2. The molecular formula is C22H21Cl2N3O. The van der Waals surface area contributed by atoms with Crippen molar-refractivity contribution in [1.82, 2.24) is 15.0 Å². The maximum Gasteiger partial charge on any atom is 0.232 e. The highest BCUT2D eigenvalue weighted by Crippen LogP contribution is 2.50. The highest BCUT2D eigenvalue weighted by Gasteiger charge is 2.48. The van der Waals surface area contributed by atoms with Gasteiger partial charge in [0.25, 0.3) is 0 Å². The van der Waals surface area contributed by atoms with E-state index in [2.05, 4.69) is 29.2 Å². The van der Waals surface area contributed by atoms with Gasteiger partial charge in [0.05, 0.1) is 5.92 Å². The Morgan fingerprint density at radius 3 is 2.36 bits per heavy atom. The largest absolute Gasteiger partial charge is 0.339 e. The zero-order valence-electron chi connectivity index (χ0n) is 15.6. The first kappa shape index (κ1) is 18.2. The van der Waals surface area contributed by atoms with Gasteiger partial charge in [-0.1, -0.05) is 40.5 Å². The van der Waals surface area contributed by atoms with Crippen LogP contribution in [0.1, 0.15) is 42.6 Å². The summed E-state index contributed by atoms with van der Waals surface area (Å²) in [7, 11) is 2.23. The summed E-state index contributed by atoms with van der Waals surface area (Å²) in [4.78, 5) is 7.31. The van der Waals surface area contributed by atoms with E-state index < -0.39 is 0 Å². The summed E-state index contributed by atoms with van der Waals surface area (Å²) in [6, 6.07) is 16.8. The van der Waals surface area contributed by atoms with Crippen molar-refractivity contribution in [2.75, 3.05) is 7.05 Å². The Balaban J connectivity index is 1.53. The fraction of sp³-hybridized carbons (Fsp3) is 0.364. The molecule has 28 heavy (non-hydrogen) atoms. The van der Waals surface area contributed by atoms with Gasteiger partial charge in [-0.2, -0.15) is 4.98 Å². The van der Waals surface area contributed by atoms with Gasteiger partial charge in [0, 0.05) is 27.7 Å². The van der Waals surface area contributed by atoms with Gasteiger partial charge in [-0.3, -0.25) is 4.90 Å². The second-order valence-electron chi connectivity index (χ2n) is 7.85. The highest BCUT2D eigenvalue weighted by atomic mass is 35.5. The first-order valence-electron chi connectivity index (χ1n) is 9.67. The molecule has 0 radical (unpaired) electrons. The molecule has 0 unspecified atom stereocenters. The molecular weight excluding hydrogens is 393 g/mol. The fourth-order valence-electron chi connectivity index (χ4n) is 4.94. The average Bonchev–Trinajstić information content (AvgIpc) is 3.26. The third-order valence-corrected chi connectivity index (χ3v) is 6.90. The lowest BCUT2D eigenvalue weighted by atomic mass is 9.76. The van der Waals surface area contributed by atoms with Crippen LogP contribution in [0.15, 0.2) is 53.1 Å². The number of nitrogens with zero attached hydrogens (tertiary/aromatic N) is 3. The zero-order chi connectivity index (χ0) is 19.3. The second-order valence-corrected chi connectivity index (χ2v) is 8.72. The summed E-state index contributed by atoms with van der Waals surface area (Å²) >= 11 is 12.1. The van der Waals surface area contributed by atoms with E-state index in [1.807, 2.05) is 36.4 Å². The molecule has 144 valence electrons. The fourth-order valence-corrected chi connectivity index (χ4v) is 5.19. The van der Waals surface area contributed by atoms with Gasteiger partial charge in [-0.15, -0.1) is 0 Å². The van der Waals surface area contributed by atoms with E-state index in [-0.39, 0.29) is 5.92 Å². The lowest BCUT2D eigenvalue weighted by Gasteiger charge is -2.41. The van der Waals surface area contributed by atoms with Crippen molar-refractivity contribution in [3.05, 3.63) is 70.0 Å². The van der Waals surface area contributed by atoms with Gasteiger partial charge in [0.2, 0.25) is 11.7 Å². The van der Waals surface area contributed by atoms with Crippen molar-refractivity contribution in [2.45, 2.75) is 43.2 Å². The minimum absolute atomic E-state index is 0.179. The molecule has 2 aliphatic heterocycles. The Morgan fingerprint density at radius 2 is 1.64 bits per heavy atom. The van der Waals surface area contributed by atoms with E-state index in [4.69, 9.17) is 32.7 Å². The second kappa shape index (κ2) is 7.18. The van der Waals surface area contributed by atoms with Crippen LogP contribution in [0.25, 0.3) is 11.4 Å². The number of aromatic nitrogens is 2. The molecule has 6 heteroatoms. The third kappa shape index (κ3) is 3.14. The number of benzene rings is 2. The van der Waals surface area contributed by atoms with Crippen molar-refractivity contribution in [3.63, 3.8) is 0 Å². The van der Waals surface area contributed by atoms with Crippen LogP contribution in [0, 0.1) is 0 Å². The number of hydrogen-bond acceptors (Lipinski definition) is 4. The van der Waals surface area contributed by atoms with E-state index in [1.54, 1.807) is 0 Å². The molecule has 0 saturated carbocycles. The van der Waals surface area contributed by atoms with Crippen LogP contribution in [-0.4, -0.2) is 34.2 Å². The van der Waals surface area contributed by atoms with Crippen molar-refractivity contribution in [3.8, 4) is 11.4 Å². The van der Waals surface area contributed by atoms with E-state index >= 15 is 0 Å². The van der Waals surface area contributed by atoms with E-state index in [9.17, 15) is 0 Å². The van der Waals surface area contributed by atoms with Gasteiger partial charge in [0.1, 0.15) is 0 Å². The van der Waals surface area contributed by atoms with Crippen LogP contribution in [0.4, 0.5) is 0 Å². The standard InChI is InChI=1S/C22H21Cl2N3O/c1-27-17-10-11-19(27)20(18(12-17)13-2-6-15(23)7-3-13)22-25-21(26-28-22)14-4-8-16(24)9-5-14/h2-9,17-20H,10-12H2,1H3/t17-,18+,19+,20-/m0/s1. The van der Waals surface area contributed by atoms with E-state index in [0.717, 1.165) is 29.3 Å². The minimum Gasteiger partial charge on any atom is -0.339 e. The summed E-state index contributed by atoms with van der Waals surface area (Å²) in [5.74, 6) is 1.87. The number of piperidine rings is 1. The molecule has 3 heterocycles. The summed E-state index contributed by atoms with van der Waals surface area (Å²) in [5.41, 5.74) is 2.21. The highest BCUT2D eigenvalue weighted by molar-refractivity contribution is 6.30. The van der Waals surface area contributed by atoms with Gasteiger partial charge >= 0.3 is 0 Å². The first-order valence-corrected chi connectivity index (χ1v) is 10.4. The molecule has 2 bridgehead atoms. The predicted molar refractivity (Wildman–Crippen MR) is 111 cm³/mol. The van der Waals surface area contributed by atoms with Crippen molar-refractivity contribution >= 4 is 23.2 Å². The summed E-state index contributed by atoms with van der Waals surface area (Å²) in [6.45, 7) is 0. The summed E-state index contributed by atoms with van der Waals surface area (Å²) < 4.78 is 5.82. The zero-order valence-corrected chi connectivity index (χ0v) is 17.1. The van der Waals surface area contributed by atoms with Crippen LogP contribution in [-0.2, 0) is 0 Å². The molecule has 0 N–H and O–H groups in total. The third-order valence-electron chi connectivity index (χ3n) is 6.40. The summed E-state index contributed by atoms with van der Waals surface area (Å²) in [6.07, 6.45) is 3.48. The van der Waals surface area contributed by atoms with Crippen LogP contribution < -0.4 is 0 Å². The maximum atomic E-state index is 6.12. The van der Waals surface area contributed by atoms with Gasteiger partial charge in [-0.05, 0) is 74.2 Å². The van der Waals surface area contributed by atoms with Crippen molar-refractivity contribution in [2.24, 2.45) is 0 Å². The molecule has 5 rings (SSSR count). The van der Waals surface area contributed by atoms with Gasteiger partial charge < -0.3 is 4.52 Å². The number of hydrogen-bond donors (Lipinski definition) is 0. The number of rotatable bonds is 3. The molecule has 2 saturated heterocycles. The number of halogens is 2. The maximum absolute atomic E-state index is 6.12. The van der Waals surface area contributed by atoms with E-state index in [1.165, 1.54) is 12.0 Å². The Morgan fingerprint density at radius 1 is 0.964 bits per heavy atom. The van der Waals surface area contributed by atoms with Crippen molar-refractivity contribution < 1.29 is 4.52 Å². The predicted octanol–water partition coefficient (Wildman–Crippen LogP) is 5.78. The molecule has 2 aromatic carbocycles. The number of fused-ring (bicyclic) bond motifs is 2. The minimum atomic E-state index is 0.179. The SMILES string of the molecule is CN1[C@H]2CC[C@@H]1[C@@H](c1nc(-c3ccc(Cl)cc3)no1)[C@@H](c1ccc(Cl)cc1)C2.